The summed E-state index contributed by atoms with van der Waals surface area (Å²) in [5.74, 6) is -6.66. The minimum Gasteiger partial charge on any atom is -0.624 e. The minimum atomic E-state index is -2.10. The Morgan fingerprint density at radius 3 is 2.46 bits per heavy atom. The van der Waals surface area contributed by atoms with Gasteiger partial charge >= 0.3 is 23.6 Å². The number of carboxylic acids is 2. The highest BCUT2D eigenvalue weighted by molar-refractivity contribution is 8.01. The van der Waals surface area contributed by atoms with E-state index in [0.717, 1.165) is 18.9 Å². The van der Waals surface area contributed by atoms with Crippen LogP contribution in [0, 0.1) is 5.21 Å². The monoisotopic (exact) mass is 430 g/mol. The minimum absolute atomic E-state index is 0.221. The average molecular weight is 430 g/mol. The van der Waals surface area contributed by atoms with Crippen LogP contribution in [0.1, 0.15) is 25.3 Å². The molecule has 3 heterocycles. The predicted octanol–water partition coefficient (Wildman–Crippen LogP) is 0.535. The van der Waals surface area contributed by atoms with Crippen LogP contribution in [-0.4, -0.2) is 67.6 Å². The highest BCUT2D eigenvalue weighted by Gasteiger charge is 2.83. The molecule has 5 atom stereocenters. The number of methoxy groups -OCH3 is 1. The molecule has 2 aliphatic rings. The molecular weight excluding hydrogens is 412 g/mol. The molecule has 28 heavy (non-hydrogen) atoms. The van der Waals surface area contributed by atoms with Gasteiger partial charge in [0.05, 0.1) is 4.75 Å². The summed E-state index contributed by atoms with van der Waals surface area (Å²) in [6.07, 6.45) is 0. The summed E-state index contributed by atoms with van der Waals surface area (Å²) in [6, 6.07) is -0.116. The van der Waals surface area contributed by atoms with Crippen molar-refractivity contribution < 1.29 is 38.8 Å². The molecule has 3 N–H and O–H groups in total. The summed E-state index contributed by atoms with van der Waals surface area (Å²) in [5, 5.41) is 36.2. The average Bonchev–Trinajstić information content (AvgIpc) is 3.16. The molecule has 0 bridgehead atoms. The Morgan fingerprint density at radius 1 is 1.36 bits per heavy atom. The van der Waals surface area contributed by atoms with Crippen molar-refractivity contribution in [1.29, 1.82) is 0 Å². The molecule has 10 nitrogen and oxygen atoms in total. The highest BCUT2D eigenvalue weighted by atomic mass is 32.2. The quantitative estimate of drug-likeness (QED) is 0.193. The van der Waals surface area contributed by atoms with E-state index in [0.29, 0.717) is 0 Å². The van der Waals surface area contributed by atoms with Gasteiger partial charge in [-0.1, -0.05) is 11.8 Å². The van der Waals surface area contributed by atoms with Crippen molar-refractivity contribution in [2.45, 2.75) is 41.7 Å². The number of hydrogen-bond acceptors (Lipinski definition) is 8. The van der Waals surface area contributed by atoms with Gasteiger partial charge in [0.1, 0.15) is 0 Å². The van der Waals surface area contributed by atoms with Crippen molar-refractivity contribution >= 4 is 46.9 Å². The normalized spacial score (nSPS) is 34.2. The number of carboxylic acid groups (broad SMARTS) is 2. The van der Waals surface area contributed by atoms with Crippen molar-refractivity contribution in [3.63, 3.8) is 0 Å². The third-order valence-corrected chi connectivity index (χ3v) is 7.44. The molecule has 2 fully saturated rings. The standard InChI is InChI=1S/C16H18N2O8S2/c1-15(2)9(12(22)23)18(25)13(24)16(26-3,14(18)28-15)17-10(19)8(11(20)21)7-4-5-27-6-7/h4-6,8-9,14H,1-3H3,(H,17,19)(H,20,21)(H,22,23)/t8?,9-,14+,16-,18?/m0/s1. The van der Waals surface area contributed by atoms with E-state index in [9.17, 15) is 34.6 Å². The van der Waals surface area contributed by atoms with Crippen LogP contribution in [0.25, 0.3) is 0 Å². The maximum Gasteiger partial charge on any atom is 0.376 e. The van der Waals surface area contributed by atoms with E-state index in [2.05, 4.69) is 5.32 Å². The van der Waals surface area contributed by atoms with Gasteiger partial charge in [-0.3, -0.25) is 14.2 Å². The zero-order valence-corrected chi connectivity index (χ0v) is 16.7. The third kappa shape index (κ3) is 2.59. The van der Waals surface area contributed by atoms with E-state index < -0.39 is 56.2 Å². The summed E-state index contributed by atoms with van der Waals surface area (Å²) in [4.78, 5) is 48.8. The number of β-lactam (4-membered cyclic amide) rings is 1. The molecule has 12 heteroatoms. The number of amides is 2. The first-order chi connectivity index (χ1) is 12.9. The van der Waals surface area contributed by atoms with E-state index in [4.69, 9.17) is 4.74 Å². The van der Waals surface area contributed by atoms with Crippen LogP contribution >= 0.6 is 23.1 Å². The van der Waals surface area contributed by atoms with Gasteiger partial charge in [0.15, 0.2) is 5.92 Å². The summed E-state index contributed by atoms with van der Waals surface area (Å²) in [6.45, 7) is 3.04. The van der Waals surface area contributed by atoms with Crippen molar-refractivity contribution in [3.05, 3.63) is 27.6 Å². The van der Waals surface area contributed by atoms with Crippen LogP contribution in [0.4, 0.5) is 0 Å². The lowest BCUT2D eigenvalue weighted by Crippen LogP contribution is -2.87. The van der Waals surface area contributed by atoms with Crippen LogP contribution in [-0.2, 0) is 23.9 Å². The number of nitrogens with one attached hydrogen (secondary N) is 1. The number of thioether (sulfide) groups is 1. The second-order valence-corrected chi connectivity index (χ2v) is 9.60. The van der Waals surface area contributed by atoms with E-state index in [1.165, 1.54) is 36.6 Å². The zero-order chi connectivity index (χ0) is 21.1. The largest absolute Gasteiger partial charge is 0.624 e. The lowest BCUT2D eigenvalue weighted by atomic mass is 9.91. The molecule has 0 spiro atoms. The number of thiophene rings is 1. The molecule has 2 saturated heterocycles. The Kier molecular flexibility index (Phi) is 4.83. The molecule has 0 aliphatic carbocycles. The smallest absolute Gasteiger partial charge is 0.376 e. The van der Waals surface area contributed by atoms with Gasteiger partial charge in [0.25, 0.3) is 0 Å². The molecule has 2 aliphatic heterocycles. The van der Waals surface area contributed by atoms with Gasteiger partial charge in [-0.05, 0) is 36.2 Å². The number of ether oxygens (including phenoxy) is 1. The Balaban J connectivity index is 1.95. The molecule has 2 amide bonds. The van der Waals surface area contributed by atoms with Gasteiger partial charge in [0.2, 0.25) is 17.3 Å². The van der Waals surface area contributed by atoms with Crippen LogP contribution in [0.5, 0.6) is 0 Å². The lowest BCUT2D eigenvalue weighted by Gasteiger charge is -2.59. The molecule has 3 rings (SSSR count). The van der Waals surface area contributed by atoms with Gasteiger partial charge in [-0.25, -0.2) is 9.59 Å². The maximum absolute atomic E-state index is 13.2. The van der Waals surface area contributed by atoms with Crippen molar-refractivity contribution in [2.75, 3.05) is 7.11 Å². The van der Waals surface area contributed by atoms with Crippen molar-refractivity contribution in [1.82, 2.24) is 5.32 Å². The number of carbonyl (C=O) groups excluding carboxylic acids is 2. The molecule has 1 aromatic heterocycles. The first-order valence-corrected chi connectivity index (χ1v) is 9.93. The Labute approximate surface area is 167 Å². The number of aliphatic carboxylic acids is 2. The molecular formula is C16H18N2O8S2. The van der Waals surface area contributed by atoms with Gasteiger partial charge in [-0.2, -0.15) is 11.3 Å². The first-order valence-electron chi connectivity index (χ1n) is 8.10. The number of carbonyl (C=O) groups is 4. The zero-order valence-electron chi connectivity index (χ0n) is 15.1. The highest BCUT2D eigenvalue weighted by Crippen LogP contribution is 2.60. The van der Waals surface area contributed by atoms with Crippen LogP contribution in [0.3, 0.4) is 0 Å². The Hall–Kier alpha value is -1.99. The van der Waals surface area contributed by atoms with E-state index in [1.807, 2.05) is 0 Å². The fourth-order valence-electron chi connectivity index (χ4n) is 3.82. The van der Waals surface area contributed by atoms with E-state index in [1.54, 1.807) is 5.38 Å². The summed E-state index contributed by atoms with van der Waals surface area (Å²) < 4.78 is 2.41. The second-order valence-electron chi connectivity index (χ2n) is 7.09. The summed E-state index contributed by atoms with van der Waals surface area (Å²) >= 11 is 2.12. The van der Waals surface area contributed by atoms with E-state index in [-0.39, 0.29) is 5.56 Å². The number of quaternary nitrogens is 1. The van der Waals surface area contributed by atoms with E-state index >= 15 is 0 Å². The van der Waals surface area contributed by atoms with Gasteiger partial charge in [-0.15, -0.1) is 0 Å². The van der Waals surface area contributed by atoms with Crippen LogP contribution in [0.2, 0.25) is 0 Å². The summed E-state index contributed by atoms with van der Waals surface area (Å²) in [5.41, 5.74) is -1.88. The van der Waals surface area contributed by atoms with Crippen LogP contribution < -0.4 is 5.32 Å². The van der Waals surface area contributed by atoms with Gasteiger partial charge in [0, 0.05) is 7.11 Å². The van der Waals surface area contributed by atoms with Crippen molar-refractivity contribution in [2.24, 2.45) is 0 Å². The molecule has 152 valence electrons. The summed E-state index contributed by atoms with van der Waals surface area (Å²) in [7, 11) is 1.10. The SMILES string of the molecule is CO[C@@]1(NC(=O)C(C(=O)O)c2ccsc2)C(=O)[N+]2([O-])[C@@H]1SC(C)(C)[C@@H]2C(=O)O. The number of hydroxylamine groups is 3. The second kappa shape index (κ2) is 6.52. The molecule has 0 radical (unpaired) electrons. The molecule has 0 aromatic carbocycles. The van der Waals surface area contributed by atoms with Gasteiger partial charge < -0.3 is 25.5 Å². The Morgan fingerprint density at radius 2 is 2.00 bits per heavy atom. The number of fused-ring (bicyclic) bond motifs is 1. The number of nitrogens with zero attached hydrogens (tertiary/aromatic N) is 1. The molecule has 2 unspecified atom stereocenters. The number of hydrogen-bond donors (Lipinski definition) is 3. The third-order valence-electron chi connectivity index (χ3n) is 5.04. The van der Waals surface area contributed by atoms with Crippen LogP contribution in [0.15, 0.2) is 16.8 Å². The number of rotatable bonds is 6. The fourth-order valence-corrected chi connectivity index (χ4v) is 6.26. The molecule has 0 saturated carbocycles. The lowest BCUT2D eigenvalue weighted by molar-refractivity contribution is -0.873. The molecule has 1 aromatic rings. The first kappa shape index (κ1) is 20.7. The fraction of sp³-hybridized carbons (Fsp3) is 0.500. The Bertz CT molecular complexity index is 857. The predicted molar refractivity (Wildman–Crippen MR) is 98.1 cm³/mol. The maximum atomic E-state index is 13.2. The van der Waals surface area contributed by atoms with Crippen molar-refractivity contribution in [3.8, 4) is 0 Å². The topological polar surface area (TPSA) is 153 Å².